The normalized spacial score (nSPS) is 9.89. The van der Waals surface area contributed by atoms with E-state index in [-0.39, 0.29) is 5.69 Å². The molecule has 1 rings (SSSR count). The van der Waals surface area contributed by atoms with Crippen LogP contribution in [-0.4, -0.2) is 10.6 Å². The molecule has 0 atom stereocenters. The minimum atomic E-state index is -0.410. The van der Waals surface area contributed by atoms with Crippen molar-refractivity contribution in [1.82, 2.24) is 0 Å². The standard InChI is InChI=1S/C13H19N3O2/c1-3-5-11(6-4-2)14-15-12-7-9-13(10-8-12)16(17)18/h7-10,15H,3-6H2,1-2H3. The molecule has 0 unspecified atom stereocenters. The summed E-state index contributed by atoms with van der Waals surface area (Å²) >= 11 is 0. The van der Waals surface area contributed by atoms with Crippen molar-refractivity contribution in [2.24, 2.45) is 5.10 Å². The lowest BCUT2D eigenvalue weighted by atomic mass is 10.1. The summed E-state index contributed by atoms with van der Waals surface area (Å²) in [6.45, 7) is 4.24. The van der Waals surface area contributed by atoms with Crippen molar-refractivity contribution >= 4 is 17.1 Å². The van der Waals surface area contributed by atoms with Gasteiger partial charge in [-0.05, 0) is 25.0 Å². The van der Waals surface area contributed by atoms with Gasteiger partial charge in [0.2, 0.25) is 0 Å². The maximum atomic E-state index is 10.5. The summed E-state index contributed by atoms with van der Waals surface area (Å²) in [5, 5.41) is 14.9. The van der Waals surface area contributed by atoms with Crippen molar-refractivity contribution in [2.75, 3.05) is 5.43 Å². The molecule has 0 saturated carbocycles. The van der Waals surface area contributed by atoms with Crippen molar-refractivity contribution < 1.29 is 4.92 Å². The Morgan fingerprint density at radius 3 is 2.22 bits per heavy atom. The van der Waals surface area contributed by atoms with Gasteiger partial charge in [0.15, 0.2) is 0 Å². The first-order valence-electron chi connectivity index (χ1n) is 6.23. The van der Waals surface area contributed by atoms with Gasteiger partial charge in [-0.15, -0.1) is 0 Å². The molecule has 0 saturated heterocycles. The number of rotatable bonds is 7. The Balaban J connectivity index is 2.65. The molecule has 5 heteroatoms. The molecule has 0 aromatic heterocycles. The number of nitro groups is 1. The molecule has 1 aromatic carbocycles. The van der Waals surface area contributed by atoms with Gasteiger partial charge in [0, 0.05) is 17.8 Å². The summed E-state index contributed by atoms with van der Waals surface area (Å²) in [5.41, 5.74) is 4.94. The highest BCUT2D eigenvalue weighted by Crippen LogP contribution is 2.15. The summed E-state index contributed by atoms with van der Waals surface area (Å²) < 4.78 is 0. The Morgan fingerprint density at radius 1 is 1.22 bits per heavy atom. The second-order valence-electron chi connectivity index (χ2n) is 4.09. The van der Waals surface area contributed by atoms with E-state index in [9.17, 15) is 10.1 Å². The lowest BCUT2D eigenvalue weighted by Crippen LogP contribution is -2.01. The SMILES string of the molecule is CCCC(CCC)=NNc1ccc([N+](=O)[O-])cc1. The molecule has 0 bridgehead atoms. The zero-order chi connectivity index (χ0) is 13.4. The highest BCUT2D eigenvalue weighted by molar-refractivity contribution is 5.85. The number of hydrogen-bond acceptors (Lipinski definition) is 4. The van der Waals surface area contributed by atoms with Gasteiger partial charge in [-0.3, -0.25) is 15.5 Å². The Bertz CT molecular complexity index is 405. The molecule has 1 aromatic rings. The number of nitrogens with one attached hydrogen (secondary N) is 1. The molecule has 0 amide bonds. The Kier molecular flexibility index (Phi) is 5.84. The average Bonchev–Trinajstić information content (AvgIpc) is 2.37. The van der Waals surface area contributed by atoms with Gasteiger partial charge in [-0.25, -0.2) is 0 Å². The van der Waals surface area contributed by atoms with E-state index in [0.717, 1.165) is 37.1 Å². The monoisotopic (exact) mass is 249 g/mol. The largest absolute Gasteiger partial charge is 0.279 e. The van der Waals surface area contributed by atoms with Gasteiger partial charge in [0.1, 0.15) is 0 Å². The first kappa shape index (κ1) is 14.2. The summed E-state index contributed by atoms with van der Waals surface area (Å²) in [5.74, 6) is 0. The first-order chi connectivity index (χ1) is 8.67. The number of anilines is 1. The van der Waals surface area contributed by atoms with Crippen LogP contribution in [0.2, 0.25) is 0 Å². The van der Waals surface area contributed by atoms with Crippen LogP contribution >= 0.6 is 0 Å². The van der Waals surface area contributed by atoms with Crippen molar-refractivity contribution in [2.45, 2.75) is 39.5 Å². The van der Waals surface area contributed by atoms with E-state index >= 15 is 0 Å². The maximum Gasteiger partial charge on any atom is 0.269 e. The molecule has 0 fully saturated rings. The molecule has 0 aliphatic heterocycles. The number of benzene rings is 1. The van der Waals surface area contributed by atoms with Crippen LogP contribution < -0.4 is 5.43 Å². The summed E-state index contributed by atoms with van der Waals surface area (Å²) in [6, 6.07) is 6.27. The van der Waals surface area contributed by atoms with Crippen LogP contribution in [0, 0.1) is 10.1 Å². The zero-order valence-corrected chi connectivity index (χ0v) is 10.8. The predicted octanol–water partition coefficient (Wildman–Crippen LogP) is 3.96. The van der Waals surface area contributed by atoms with E-state index in [0.29, 0.717) is 0 Å². The van der Waals surface area contributed by atoms with Gasteiger partial charge in [-0.1, -0.05) is 26.7 Å². The summed E-state index contributed by atoms with van der Waals surface area (Å²) in [7, 11) is 0. The fraction of sp³-hybridized carbons (Fsp3) is 0.462. The highest BCUT2D eigenvalue weighted by Gasteiger charge is 2.03. The second-order valence-corrected chi connectivity index (χ2v) is 4.09. The van der Waals surface area contributed by atoms with Crippen LogP contribution in [-0.2, 0) is 0 Å². The fourth-order valence-corrected chi connectivity index (χ4v) is 1.62. The second kappa shape index (κ2) is 7.42. The minimum absolute atomic E-state index is 0.0897. The Hall–Kier alpha value is -1.91. The van der Waals surface area contributed by atoms with Crippen LogP contribution in [0.3, 0.4) is 0 Å². The zero-order valence-electron chi connectivity index (χ0n) is 10.8. The van der Waals surface area contributed by atoms with Crippen LogP contribution in [0.1, 0.15) is 39.5 Å². The molecule has 18 heavy (non-hydrogen) atoms. The lowest BCUT2D eigenvalue weighted by molar-refractivity contribution is -0.384. The molecule has 1 N–H and O–H groups in total. The number of hydrazone groups is 1. The van der Waals surface area contributed by atoms with E-state index in [1.807, 2.05) is 0 Å². The summed E-state index contributed by atoms with van der Waals surface area (Å²) in [4.78, 5) is 10.1. The topological polar surface area (TPSA) is 67.5 Å². The molecule has 0 radical (unpaired) electrons. The van der Waals surface area contributed by atoms with Gasteiger partial charge in [0.05, 0.1) is 10.6 Å². The van der Waals surface area contributed by atoms with Crippen molar-refractivity contribution in [3.05, 3.63) is 34.4 Å². The number of non-ortho nitro benzene ring substituents is 1. The third kappa shape index (κ3) is 4.53. The smallest absolute Gasteiger partial charge is 0.269 e. The Morgan fingerprint density at radius 2 is 1.78 bits per heavy atom. The first-order valence-corrected chi connectivity index (χ1v) is 6.23. The quantitative estimate of drug-likeness (QED) is 0.451. The highest BCUT2D eigenvalue weighted by atomic mass is 16.6. The lowest BCUT2D eigenvalue weighted by Gasteiger charge is -2.05. The third-order valence-electron chi connectivity index (χ3n) is 2.50. The van der Waals surface area contributed by atoms with E-state index in [4.69, 9.17) is 0 Å². The number of nitrogens with zero attached hydrogens (tertiary/aromatic N) is 2. The van der Waals surface area contributed by atoms with Crippen LogP contribution in [0.25, 0.3) is 0 Å². The van der Waals surface area contributed by atoms with E-state index < -0.39 is 4.92 Å². The molecule has 0 heterocycles. The van der Waals surface area contributed by atoms with Gasteiger partial charge in [-0.2, -0.15) is 5.10 Å². The fourth-order valence-electron chi connectivity index (χ4n) is 1.62. The molecule has 0 aliphatic carbocycles. The van der Waals surface area contributed by atoms with Gasteiger partial charge < -0.3 is 0 Å². The molecular weight excluding hydrogens is 230 g/mol. The van der Waals surface area contributed by atoms with Crippen LogP contribution in [0.15, 0.2) is 29.4 Å². The van der Waals surface area contributed by atoms with E-state index in [2.05, 4.69) is 24.4 Å². The average molecular weight is 249 g/mol. The van der Waals surface area contributed by atoms with Crippen molar-refractivity contribution in [3.63, 3.8) is 0 Å². The van der Waals surface area contributed by atoms with E-state index in [1.54, 1.807) is 12.1 Å². The van der Waals surface area contributed by atoms with Crippen LogP contribution in [0.4, 0.5) is 11.4 Å². The third-order valence-corrected chi connectivity index (χ3v) is 2.50. The number of nitro benzene ring substituents is 1. The van der Waals surface area contributed by atoms with E-state index in [1.165, 1.54) is 12.1 Å². The molecule has 0 aliphatic rings. The van der Waals surface area contributed by atoms with Gasteiger partial charge >= 0.3 is 0 Å². The number of hydrogen-bond donors (Lipinski definition) is 1. The molecule has 5 nitrogen and oxygen atoms in total. The molecule has 98 valence electrons. The summed E-state index contributed by atoms with van der Waals surface area (Å²) in [6.07, 6.45) is 4.10. The molecule has 0 spiro atoms. The maximum absolute atomic E-state index is 10.5. The van der Waals surface area contributed by atoms with Crippen molar-refractivity contribution in [1.29, 1.82) is 0 Å². The van der Waals surface area contributed by atoms with Crippen molar-refractivity contribution in [3.8, 4) is 0 Å². The van der Waals surface area contributed by atoms with Gasteiger partial charge in [0.25, 0.3) is 5.69 Å². The van der Waals surface area contributed by atoms with Crippen LogP contribution in [0.5, 0.6) is 0 Å². The predicted molar refractivity (Wildman–Crippen MR) is 74.0 cm³/mol. The molecular formula is C13H19N3O2. The minimum Gasteiger partial charge on any atom is -0.279 e. The Labute approximate surface area is 107 Å².